The van der Waals surface area contributed by atoms with Crippen LogP contribution in [0.4, 0.5) is 0 Å². The number of rotatable bonds is 7. The molecule has 4 nitrogen and oxygen atoms in total. The Morgan fingerprint density at radius 2 is 2.11 bits per heavy atom. The molecule has 1 aromatic heterocycles. The summed E-state index contributed by atoms with van der Waals surface area (Å²) >= 11 is 1.72. The number of nitrogens with one attached hydrogen (secondary N) is 1. The zero-order chi connectivity index (χ0) is 13.5. The van der Waals surface area contributed by atoms with Crippen molar-refractivity contribution in [1.82, 2.24) is 15.5 Å². The van der Waals surface area contributed by atoms with Crippen LogP contribution in [0, 0.1) is 0 Å². The number of aromatic nitrogens is 2. The maximum absolute atomic E-state index is 5.27. The SMILES string of the molecule is CCC(Cc1nc(CSc2ccccc2)no1)NC. The fraction of sp³-hybridized carbons (Fsp3) is 0.429. The molecule has 5 heteroatoms. The Balaban J connectivity index is 1.87. The molecule has 0 amide bonds. The van der Waals surface area contributed by atoms with Gasteiger partial charge in [-0.2, -0.15) is 4.98 Å². The first kappa shape index (κ1) is 14.1. The van der Waals surface area contributed by atoms with E-state index < -0.39 is 0 Å². The maximum atomic E-state index is 5.27. The maximum Gasteiger partial charge on any atom is 0.228 e. The first-order valence-corrected chi connectivity index (χ1v) is 7.47. The van der Waals surface area contributed by atoms with Crippen LogP contribution in [0.5, 0.6) is 0 Å². The van der Waals surface area contributed by atoms with Gasteiger partial charge in [-0.25, -0.2) is 0 Å². The summed E-state index contributed by atoms with van der Waals surface area (Å²) in [6.45, 7) is 2.14. The fourth-order valence-corrected chi connectivity index (χ4v) is 2.52. The second-order valence-electron chi connectivity index (χ2n) is 4.30. The third-order valence-corrected chi connectivity index (χ3v) is 3.95. The zero-order valence-electron chi connectivity index (χ0n) is 11.3. The van der Waals surface area contributed by atoms with Gasteiger partial charge >= 0.3 is 0 Å². The van der Waals surface area contributed by atoms with E-state index >= 15 is 0 Å². The Morgan fingerprint density at radius 3 is 2.79 bits per heavy atom. The van der Waals surface area contributed by atoms with Gasteiger partial charge in [-0.3, -0.25) is 0 Å². The van der Waals surface area contributed by atoms with Gasteiger partial charge in [0.05, 0.1) is 5.75 Å². The lowest BCUT2D eigenvalue weighted by Gasteiger charge is -2.09. The van der Waals surface area contributed by atoms with Crippen molar-refractivity contribution in [2.24, 2.45) is 0 Å². The number of nitrogens with zero attached hydrogens (tertiary/aromatic N) is 2. The highest BCUT2D eigenvalue weighted by molar-refractivity contribution is 7.98. The van der Waals surface area contributed by atoms with Crippen LogP contribution >= 0.6 is 11.8 Å². The molecule has 2 aromatic rings. The lowest BCUT2D eigenvalue weighted by molar-refractivity contribution is 0.356. The average molecular weight is 277 g/mol. The van der Waals surface area contributed by atoms with Gasteiger partial charge in [0.2, 0.25) is 5.89 Å². The van der Waals surface area contributed by atoms with Crippen molar-refractivity contribution in [3.05, 3.63) is 42.0 Å². The minimum atomic E-state index is 0.398. The summed E-state index contributed by atoms with van der Waals surface area (Å²) in [5, 5.41) is 7.25. The van der Waals surface area contributed by atoms with E-state index in [1.54, 1.807) is 11.8 Å². The number of hydrogen-bond donors (Lipinski definition) is 1. The van der Waals surface area contributed by atoms with E-state index in [0.717, 1.165) is 24.4 Å². The van der Waals surface area contributed by atoms with Crippen LogP contribution in [0.1, 0.15) is 25.1 Å². The highest BCUT2D eigenvalue weighted by atomic mass is 32.2. The van der Waals surface area contributed by atoms with Gasteiger partial charge in [0.1, 0.15) is 0 Å². The number of hydrogen-bond acceptors (Lipinski definition) is 5. The fourth-order valence-electron chi connectivity index (χ4n) is 1.76. The minimum Gasteiger partial charge on any atom is -0.339 e. The largest absolute Gasteiger partial charge is 0.339 e. The zero-order valence-corrected chi connectivity index (χ0v) is 12.1. The smallest absolute Gasteiger partial charge is 0.228 e. The molecule has 2 rings (SSSR count). The van der Waals surface area contributed by atoms with Crippen LogP contribution in [0.2, 0.25) is 0 Å². The van der Waals surface area contributed by atoms with Gasteiger partial charge in [-0.05, 0) is 25.6 Å². The molecule has 0 aliphatic heterocycles. The number of likely N-dealkylation sites (N-methyl/N-ethyl adjacent to an activating group) is 1. The molecule has 0 saturated carbocycles. The van der Waals surface area contributed by atoms with Gasteiger partial charge in [0, 0.05) is 17.4 Å². The summed E-state index contributed by atoms with van der Waals surface area (Å²) in [7, 11) is 1.96. The first-order chi connectivity index (χ1) is 9.31. The summed E-state index contributed by atoms with van der Waals surface area (Å²) in [4.78, 5) is 5.64. The molecule has 1 atom stereocenters. The average Bonchev–Trinajstić information content (AvgIpc) is 2.91. The Labute approximate surface area is 118 Å². The Hall–Kier alpha value is -1.33. The quantitative estimate of drug-likeness (QED) is 0.789. The van der Waals surface area contributed by atoms with Crippen LogP contribution in [-0.4, -0.2) is 23.2 Å². The summed E-state index contributed by atoms with van der Waals surface area (Å²) in [5.41, 5.74) is 0. The summed E-state index contributed by atoms with van der Waals surface area (Å²) in [6.07, 6.45) is 1.84. The summed E-state index contributed by atoms with van der Waals surface area (Å²) < 4.78 is 5.27. The van der Waals surface area contributed by atoms with Crippen molar-refractivity contribution in [2.75, 3.05) is 7.05 Å². The van der Waals surface area contributed by atoms with Crippen molar-refractivity contribution in [2.45, 2.75) is 36.5 Å². The predicted molar refractivity (Wildman–Crippen MR) is 77.1 cm³/mol. The van der Waals surface area contributed by atoms with Crippen LogP contribution < -0.4 is 5.32 Å². The standard InChI is InChI=1S/C14H19N3OS/c1-3-11(15-2)9-14-16-13(17-18-14)10-19-12-7-5-4-6-8-12/h4-8,11,15H,3,9-10H2,1-2H3. The van der Waals surface area contributed by atoms with E-state index in [0.29, 0.717) is 11.9 Å². The Morgan fingerprint density at radius 1 is 1.32 bits per heavy atom. The van der Waals surface area contributed by atoms with Crippen molar-refractivity contribution >= 4 is 11.8 Å². The summed E-state index contributed by atoms with van der Waals surface area (Å²) in [6, 6.07) is 10.6. The third kappa shape index (κ3) is 4.36. The van der Waals surface area contributed by atoms with Gasteiger partial charge in [0.15, 0.2) is 5.82 Å². The van der Waals surface area contributed by atoms with Crippen LogP contribution in [0.15, 0.2) is 39.8 Å². The van der Waals surface area contributed by atoms with Gasteiger partial charge in [0.25, 0.3) is 0 Å². The molecule has 0 aliphatic carbocycles. The van der Waals surface area contributed by atoms with E-state index in [-0.39, 0.29) is 0 Å². The van der Waals surface area contributed by atoms with E-state index in [1.807, 2.05) is 25.2 Å². The summed E-state index contributed by atoms with van der Waals surface area (Å²) in [5.74, 6) is 2.21. The van der Waals surface area contributed by atoms with Crippen LogP contribution in [0.25, 0.3) is 0 Å². The molecule has 1 unspecified atom stereocenters. The normalized spacial score (nSPS) is 12.5. The highest BCUT2D eigenvalue weighted by Gasteiger charge is 2.11. The van der Waals surface area contributed by atoms with Crippen molar-refractivity contribution < 1.29 is 4.52 Å². The lowest BCUT2D eigenvalue weighted by Crippen LogP contribution is -2.26. The molecule has 0 aliphatic rings. The van der Waals surface area contributed by atoms with E-state index in [2.05, 4.69) is 34.5 Å². The Bertz CT molecular complexity index is 482. The monoisotopic (exact) mass is 277 g/mol. The molecule has 0 bridgehead atoms. The first-order valence-electron chi connectivity index (χ1n) is 6.48. The third-order valence-electron chi connectivity index (χ3n) is 2.94. The molecular weight excluding hydrogens is 258 g/mol. The van der Waals surface area contributed by atoms with E-state index in [4.69, 9.17) is 4.52 Å². The van der Waals surface area contributed by atoms with E-state index in [9.17, 15) is 0 Å². The Kier molecular flexibility index (Phi) is 5.42. The molecule has 0 saturated heterocycles. The lowest BCUT2D eigenvalue weighted by atomic mass is 10.1. The number of thioether (sulfide) groups is 1. The highest BCUT2D eigenvalue weighted by Crippen LogP contribution is 2.20. The molecule has 0 fully saturated rings. The van der Waals surface area contributed by atoms with Gasteiger partial charge in [-0.15, -0.1) is 11.8 Å². The second-order valence-corrected chi connectivity index (χ2v) is 5.35. The van der Waals surface area contributed by atoms with Gasteiger partial charge in [-0.1, -0.05) is 30.3 Å². The van der Waals surface area contributed by atoms with Crippen molar-refractivity contribution in [3.63, 3.8) is 0 Å². The molecule has 19 heavy (non-hydrogen) atoms. The molecule has 0 radical (unpaired) electrons. The van der Waals surface area contributed by atoms with Crippen molar-refractivity contribution in [1.29, 1.82) is 0 Å². The molecule has 1 heterocycles. The second kappa shape index (κ2) is 7.31. The van der Waals surface area contributed by atoms with Crippen molar-refractivity contribution in [3.8, 4) is 0 Å². The molecular formula is C14H19N3OS. The molecule has 1 N–H and O–H groups in total. The molecule has 1 aromatic carbocycles. The molecule has 102 valence electrons. The topological polar surface area (TPSA) is 51.0 Å². The molecule has 0 spiro atoms. The van der Waals surface area contributed by atoms with Crippen LogP contribution in [-0.2, 0) is 12.2 Å². The minimum absolute atomic E-state index is 0.398. The number of benzene rings is 1. The van der Waals surface area contributed by atoms with Gasteiger partial charge < -0.3 is 9.84 Å². The van der Waals surface area contributed by atoms with E-state index in [1.165, 1.54) is 4.90 Å². The predicted octanol–water partition coefficient (Wildman–Crippen LogP) is 2.90. The van der Waals surface area contributed by atoms with Crippen LogP contribution in [0.3, 0.4) is 0 Å².